The Labute approximate surface area is 210 Å². The highest BCUT2D eigenvalue weighted by atomic mass is 16.6. The van der Waals surface area contributed by atoms with Crippen molar-refractivity contribution in [2.24, 2.45) is 5.92 Å². The highest BCUT2D eigenvalue weighted by Crippen LogP contribution is 2.22. The Bertz CT molecular complexity index is 973. The molecule has 2 amide bonds. The van der Waals surface area contributed by atoms with Crippen LogP contribution >= 0.6 is 0 Å². The standard InChI is InChI=1S/C24H34BN3O8/c1-24(2,3)36-23(31)27-19(13-15-5-9-17(10-6-15)25(32)33)21(29)26-20(22(30)35-4)14-16-7-11-18(28-34)12-8-16/h5,7-12,15,19-20,28,32-34H,6,13-14H2,1-4H3,(H,26,29)(H,27,31)/t15?,19?,20-/m0/s1. The quantitative estimate of drug-likeness (QED) is 0.158. The molecule has 0 spiro atoms. The molecule has 36 heavy (non-hydrogen) atoms. The molecule has 0 radical (unpaired) electrons. The molecule has 11 nitrogen and oxygen atoms in total. The fraction of sp³-hybridized carbons (Fsp3) is 0.458. The molecule has 2 rings (SSSR count). The van der Waals surface area contributed by atoms with Gasteiger partial charge >= 0.3 is 19.2 Å². The molecule has 12 heteroatoms. The average molecular weight is 503 g/mol. The van der Waals surface area contributed by atoms with Crippen molar-refractivity contribution in [2.75, 3.05) is 12.6 Å². The van der Waals surface area contributed by atoms with E-state index in [2.05, 4.69) is 10.6 Å². The van der Waals surface area contributed by atoms with E-state index in [1.165, 1.54) is 7.11 Å². The molecule has 1 aromatic carbocycles. The summed E-state index contributed by atoms with van der Waals surface area (Å²) in [5.41, 5.74) is 2.75. The van der Waals surface area contributed by atoms with Crippen molar-refractivity contribution in [1.29, 1.82) is 0 Å². The van der Waals surface area contributed by atoms with Gasteiger partial charge in [0, 0.05) is 6.42 Å². The fourth-order valence-electron chi connectivity index (χ4n) is 3.59. The molecule has 0 fully saturated rings. The van der Waals surface area contributed by atoms with Crippen LogP contribution in [0.15, 0.2) is 48.0 Å². The lowest BCUT2D eigenvalue weighted by Gasteiger charge is -2.27. The molecule has 196 valence electrons. The van der Waals surface area contributed by atoms with Gasteiger partial charge < -0.3 is 30.2 Å². The summed E-state index contributed by atoms with van der Waals surface area (Å²) in [5, 5.41) is 32.9. The molecule has 0 saturated carbocycles. The van der Waals surface area contributed by atoms with Crippen LogP contribution in [0, 0.1) is 5.92 Å². The van der Waals surface area contributed by atoms with E-state index in [1.807, 2.05) is 5.48 Å². The molecular weight excluding hydrogens is 469 g/mol. The second-order valence-electron chi connectivity index (χ2n) is 9.46. The number of allylic oxidation sites excluding steroid dienone is 4. The topological polar surface area (TPSA) is 166 Å². The minimum Gasteiger partial charge on any atom is -0.467 e. The number of hydrogen-bond donors (Lipinski definition) is 6. The van der Waals surface area contributed by atoms with Crippen molar-refractivity contribution in [1.82, 2.24) is 10.6 Å². The summed E-state index contributed by atoms with van der Waals surface area (Å²) >= 11 is 0. The number of benzene rings is 1. The second kappa shape index (κ2) is 13.1. The molecule has 0 saturated heterocycles. The van der Waals surface area contributed by atoms with Gasteiger partial charge in [-0.15, -0.1) is 0 Å². The van der Waals surface area contributed by atoms with Crippen molar-refractivity contribution in [3.63, 3.8) is 0 Å². The van der Waals surface area contributed by atoms with Gasteiger partial charge in [-0.25, -0.2) is 9.59 Å². The van der Waals surface area contributed by atoms with Gasteiger partial charge in [0.05, 0.1) is 12.8 Å². The first kappa shape index (κ1) is 28.9. The summed E-state index contributed by atoms with van der Waals surface area (Å²) in [6.45, 7) is 5.09. The third kappa shape index (κ3) is 9.36. The molecule has 0 aliphatic heterocycles. The summed E-state index contributed by atoms with van der Waals surface area (Å²) in [4.78, 5) is 38.1. The Hall–Kier alpha value is -3.35. The van der Waals surface area contributed by atoms with Crippen molar-refractivity contribution in [3.05, 3.63) is 53.5 Å². The summed E-state index contributed by atoms with van der Waals surface area (Å²) in [7, 11) is -0.382. The van der Waals surface area contributed by atoms with Crippen molar-refractivity contribution < 1.29 is 39.1 Å². The number of carbonyl (C=O) groups excluding carboxylic acids is 3. The van der Waals surface area contributed by atoms with Crippen LogP contribution < -0.4 is 16.1 Å². The van der Waals surface area contributed by atoms with E-state index in [9.17, 15) is 24.4 Å². The molecule has 1 aliphatic carbocycles. The predicted octanol–water partition coefficient (Wildman–Crippen LogP) is 1.49. The molecule has 0 heterocycles. The molecule has 2 unspecified atom stereocenters. The SMILES string of the molecule is COC(=O)[C@H](Cc1ccc(NO)cc1)NC(=O)C(CC1C=CC(B(O)O)=CC1)NC(=O)OC(C)(C)C. The molecule has 3 atom stereocenters. The minimum atomic E-state index is -1.59. The van der Waals surface area contributed by atoms with Gasteiger partial charge in [-0.1, -0.05) is 30.4 Å². The predicted molar refractivity (Wildman–Crippen MR) is 133 cm³/mol. The number of methoxy groups -OCH3 is 1. The third-order valence-corrected chi connectivity index (χ3v) is 5.39. The van der Waals surface area contributed by atoms with E-state index < -0.39 is 42.8 Å². The van der Waals surface area contributed by atoms with Gasteiger partial charge in [0.15, 0.2) is 0 Å². The Balaban J connectivity index is 2.18. The van der Waals surface area contributed by atoms with Crippen LogP contribution in [0.4, 0.5) is 10.5 Å². The Morgan fingerprint density at radius 2 is 1.78 bits per heavy atom. The maximum Gasteiger partial charge on any atom is 0.488 e. The Morgan fingerprint density at radius 3 is 2.28 bits per heavy atom. The van der Waals surface area contributed by atoms with E-state index in [-0.39, 0.29) is 18.8 Å². The zero-order valence-corrected chi connectivity index (χ0v) is 20.9. The van der Waals surface area contributed by atoms with Crippen molar-refractivity contribution in [3.8, 4) is 0 Å². The minimum absolute atomic E-state index is 0.118. The van der Waals surface area contributed by atoms with E-state index in [4.69, 9.17) is 14.7 Å². The fourth-order valence-corrected chi connectivity index (χ4v) is 3.59. The molecular formula is C24H34BN3O8. The smallest absolute Gasteiger partial charge is 0.467 e. The van der Waals surface area contributed by atoms with Gasteiger partial charge in [0.25, 0.3) is 0 Å². The van der Waals surface area contributed by atoms with Crippen LogP contribution in [0.5, 0.6) is 0 Å². The van der Waals surface area contributed by atoms with E-state index >= 15 is 0 Å². The monoisotopic (exact) mass is 503 g/mol. The van der Waals surface area contributed by atoms with Gasteiger partial charge in [-0.2, -0.15) is 0 Å². The first-order valence-corrected chi connectivity index (χ1v) is 11.5. The zero-order chi connectivity index (χ0) is 26.9. The first-order valence-electron chi connectivity index (χ1n) is 11.5. The van der Waals surface area contributed by atoms with Gasteiger partial charge in [0.1, 0.15) is 17.7 Å². The van der Waals surface area contributed by atoms with Crippen molar-refractivity contribution in [2.45, 2.75) is 57.7 Å². The zero-order valence-electron chi connectivity index (χ0n) is 20.9. The summed E-state index contributed by atoms with van der Waals surface area (Å²) in [6.07, 6.45) is 4.88. The van der Waals surface area contributed by atoms with E-state index in [0.717, 1.165) is 0 Å². The maximum absolute atomic E-state index is 13.3. The lowest BCUT2D eigenvalue weighted by atomic mass is 9.74. The highest BCUT2D eigenvalue weighted by Gasteiger charge is 2.31. The first-order chi connectivity index (χ1) is 16.9. The molecule has 6 N–H and O–H groups in total. The van der Waals surface area contributed by atoms with Crippen LogP contribution in [0.1, 0.15) is 39.2 Å². The van der Waals surface area contributed by atoms with Crippen LogP contribution in [-0.4, -0.2) is 65.1 Å². The van der Waals surface area contributed by atoms with E-state index in [0.29, 0.717) is 23.1 Å². The van der Waals surface area contributed by atoms with E-state index in [1.54, 1.807) is 63.3 Å². The van der Waals surface area contributed by atoms with Crippen LogP contribution in [-0.2, 0) is 25.5 Å². The largest absolute Gasteiger partial charge is 0.488 e. The number of anilines is 1. The van der Waals surface area contributed by atoms with Crippen molar-refractivity contribution >= 4 is 30.8 Å². The summed E-state index contributed by atoms with van der Waals surface area (Å²) < 4.78 is 10.2. The van der Waals surface area contributed by atoms with Crippen LogP contribution in [0.2, 0.25) is 0 Å². The molecule has 0 bridgehead atoms. The Kier molecular flexibility index (Phi) is 10.5. The highest BCUT2D eigenvalue weighted by molar-refractivity contribution is 6.51. The number of ether oxygens (including phenoxy) is 2. The molecule has 1 aliphatic rings. The lowest BCUT2D eigenvalue weighted by molar-refractivity contribution is -0.145. The number of carbonyl (C=O) groups is 3. The number of nitrogens with one attached hydrogen (secondary N) is 3. The Morgan fingerprint density at radius 1 is 1.11 bits per heavy atom. The number of esters is 1. The van der Waals surface area contributed by atoms with Crippen LogP contribution in [0.3, 0.4) is 0 Å². The number of amides is 2. The number of hydrogen-bond acceptors (Lipinski definition) is 9. The molecule has 1 aromatic rings. The molecule has 0 aromatic heterocycles. The number of rotatable bonds is 10. The number of alkyl carbamates (subject to hydrolysis) is 1. The van der Waals surface area contributed by atoms with Gasteiger partial charge in [-0.3, -0.25) is 15.5 Å². The summed E-state index contributed by atoms with van der Waals surface area (Å²) in [6, 6.07) is 4.51. The van der Waals surface area contributed by atoms with Gasteiger partial charge in [-0.05, 0) is 62.7 Å². The normalized spacial score (nSPS) is 16.8. The lowest BCUT2D eigenvalue weighted by Crippen LogP contribution is -2.53. The van der Waals surface area contributed by atoms with Gasteiger partial charge in [0.2, 0.25) is 5.91 Å². The third-order valence-electron chi connectivity index (χ3n) is 5.39. The average Bonchev–Trinajstić information content (AvgIpc) is 2.82. The second-order valence-corrected chi connectivity index (χ2v) is 9.46. The maximum atomic E-state index is 13.3. The summed E-state index contributed by atoms with van der Waals surface area (Å²) in [5.74, 6) is -1.45. The van der Waals surface area contributed by atoms with Crippen LogP contribution in [0.25, 0.3) is 0 Å².